The smallest absolute Gasteiger partial charge is 0.241 e. The Morgan fingerprint density at radius 2 is 2.05 bits per heavy atom. The molecular formula is C15H20FN3O2. The largest absolute Gasteiger partial charge is 0.326 e. The molecule has 0 spiro atoms. The van der Waals surface area contributed by atoms with Gasteiger partial charge in [-0.05, 0) is 29.5 Å². The number of rotatable bonds is 2. The Morgan fingerprint density at radius 1 is 1.38 bits per heavy atom. The molecule has 1 atom stereocenters. The van der Waals surface area contributed by atoms with Gasteiger partial charge in [-0.25, -0.2) is 4.39 Å². The quantitative estimate of drug-likeness (QED) is 0.780. The predicted molar refractivity (Wildman–Crippen MR) is 79.4 cm³/mol. The normalized spacial score (nSPS) is 16.0. The molecule has 21 heavy (non-hydrogen) atoms. The average Bonchev–Trinajstić information content (AvgIpc) is 2.38. The van der Waals surface area contributed by atoms with Crippen molar-refractivity contribution in [2.45, 2.75) is 39.7 Å². The van der Waals surface area contributed by atoms with Crippen LogP contribution >= 0.6 is 0 Å². The van der Waals surface area contributed by atoms with E-state index in [1.165, 1.54) is 12.1 Å². The van der Waals surface area contributed by atoms with Gasteiger partial charge >= 0.3 is 0 Å². The van der Waals surface area contributed by atoms with Gasteiger partial charge in [-0.15, -0.1) is 0 Å². The van der Waals surface area contributed by atoms with E-state index in [1.54, 1.807) is 0 Å². The van der Waals surface area contributed by atoms with Crippen LogP contribution in [0.15, 0.2) is 12.1 Å². The molecule has 1 aromatic rings. The highest BCUT2D eigenvalue weighted by molar-refractivity contribution is 5.98. The third-order valence-electron chi connectivity index (χ3n) is 3.56. The molecule has 0 fully saturated rings. The highest BCUT2D eigenvalue weighted by atomic mass is 19.1. The second kappa shape index (κ2) is 5.44. The predicted octanol–water partition coefficient (Wildman–Crippen LogP) is 2.02. The Morgan fingerprint density at radius 3 is 2.67 bits per heavy atom. The first-order chi connectivity index (χ1) is 9.68. The van der Waals surface area contributed by atoms with Crippen LogP contribution in [-0.2, 0) is 16.0 Å². The number of aryl methyl sites for hydroxylation is 1. The molecule has 1 aliphatic rings. The SMILES string of the molecule is CC(C)(C)[C@H](N)C(=O)Nc1cc2c(cc1F)CCC(=O)N2. The zero-order chi connectivity index (χ0) is 15.8. The molecule has 4 N–H and O–H groups in total. The number of nitrogens with one attached hydrogen (secondary N) is 2. The van der Waals surface area contributed by atoms with Crippen LogP contribution in [0.3, 0.4) is 0 Å². The van der Waals surface area contributed by atoms with Crippen LogP contribution in [0.25, 0.3) is 0 Å². The van der Waals surface area contributed by atoms with Crippen molar-refractivity contribution < 1.29 is 14.0 Å². The van der Waals surface area contributed by atoms with Gasteiger partial charge in [-0.3, -0.25) is 9.59 Å². The summed E-state index contributed by atoms with van der Waals surface area (Å²) in [7, 11) is 0. The maximum Gasteiger partial charge on any atom is 0.241 e. The average molecular weight is 293 g/mol. The fourth-order valence-corrected chi connectivity index (χ4v) is 2.10. The Labute approximate surface area is 123 Å². The summed E-state index contributed by atoms with van der Waals surface area (Å²) in [5, 5.41) is 5.16. The molecular weight excluding hydrogens is 273 g/mol. The zero-order valence-corrected chi connectivity index (χ0v) is 12.4. The Bertz CT molecular complexity index is 593. The lowest BCUT2D eigenvalue weighted by Crippen LogP contribution is -2.45. The lowest BCUT2D eigenvalue weighted by Gasteiger charge is -2.26. The van der Waals surface area contributed by atoms with E-state index >= 15 is 0 Å². The Kier molecular flexibility index (Phi) is 4.00. The van der Waals surface area contributed by atoms with Crippen LogP contribution in [0.2, 0.25) is 0 Å². The fourth-order valence-electron chi connectivity index (χ4n) is 2.10. The fraction of sp³-hybridized carbons (Fsp3) is 0.467. The molecule has 1 heterocycles. The molecule has 5 nitrogen and oxygen atoms in total. The van der Waals surface area contributed by atoms with Gasteiger partial charge in [-0.1, -0.05) is 20.8 Å². The summed E-state index contributed by atoms with van der Waals surface area (Å²) in [6.07, 6.45) is 0.834. The summed E-state index contributed by atoms with van der Waals surface area (Å²) >= 11 is 0. The van der Waals surface area contributed by atoms with E-state index < -0.39 is 23.2 Å². The van der Waals surface area contributed by atoms with Gasteiger partial charge < -0.3 is 16.4 Å². The van der Waals surface area contributed by atoms with E-state index in [-0.39, 0.29) is 11.6 Å². The minimum Gasteiger partial charge on any atom is -0.326 e. The van der Waals surface area contributed by atoms with Crippen molar-refractivity contribution in [2.24, 2.45) is 11.1 Å². The number of amides is 2. The van der Waals surface area contributed by atoms with Gasteiger partial charge in [0.05, 0.1) is 11.7 Å². The van der Waals surface area contributed by atoms with Crippen LogP contribution in [0.4, 0.5) is 15.8 Å². The summed E-state index contributed by atoms with van der Waals surface area (Å²) in [6, 6.07) is 2.02. The number of anilines is 2. The second-order valence-electron chi connectivity index (χ2n) is 6.37. The van der Waals surface area contributed by atoms with Crippen molar-refractivity contribution in [1.82, 2.24) is 0 Å². The molecule has 0 saturated carbocycles. The summed E-state index contributed by atoms with van der Waals surface area (Å²) in [5.74, 6) is -1.10. The number of nitrogens with two attached hydrogens (primary N) is 1. The monoisotopic (exact) mass is 293 g/mol. The van der Waals surface area contributed by atoms with Gasteiger partial charge in [-0.2, -0.15) is 0 Å². The van der Waals surface area contributed by atoms with Crippen molar-refractivity contribution in [1.29, 1.82) is 0 Å². The van der Waals surface area contributed by atoms with Crippen LogP contribution in [0, 0.1) is 11.2 Å². The maximum absolute atomic E-state index is 14.0. The molecule has 1 aliphatic heterocycles. The van der Waals surface area contributed by atoms with E-state index in [9.17, 15) is 14.0 Å². The molecule has 0 bridgehead atoms. The zero-order valence-electron chi connectivity index (χ0n) is 12.4. The standard InChI is InChI=1S/C15H20FN3O2/c1-15(2,3)13(17)14(21)19-11-7-10-8(6-9(11)16)4-5-12(20)18-10/h6-7,13H,4-5,17H2,1-3H3,(H,18,20)(H,19,21)/t13-/m1/s1. The molecule has 114 valence electrons. The lowest BCUT2D eigenvalue weighted by atomic mass is 9.87. The highest BCUT2D eigenvalue weighted by Gasteiger charge is 2.28. The van der Waals surface area contributed by atoms with E-state index in [1.807, 2.05) is 20.8 Å². The Hall–Kier alpha value is -1.95. The molecule has 0 radical (unpaired) electrons. The number of hydrogen-bond donors (Lipinski definition) is 3. The summed E-state index contributed by atoms with van der Waals surface area (Å²) in [4.78, 5) is 23.4. The number of fused-ring (bicyclic) bond motifs is 1. The van der Waals surface area contributed by atoms with Crippen LogP contribution < -0.4 is 16.4 Å². The minimum absolute atomic E-state index is 0.0284. The van der Waals surface area contributed by atoms with E-state index in [0.717, 1.165) is 5.56 Å². The number of carbonyl (C=O) groups excluding carboxylic acids is 2. The molecule has 6 heteroatoms. The van der Waals surface area contributed by atoms with Gasteiger partial charge in [0, 0.05) is 12.1 Å². The van der Waals surface area contributed by atoms with Crippen molar-refractivity contribution in [3.05, 3.63) is 23.5 Å². The first-order valence-electron chi connectivity index (χ1n) is 6.87. The van der Waals surface area contributed by atoms with Crippen LogP contribution in [0.1, 0.15) is 32.8 Å². The van der Waals surface area contributed by atoms with Gasteiger partial charge in [0.25, 0.3) is 0 Å². The molecule has 0 unspecified atom stereocenters. The van der Waals surface area contributed by atoms with Gasteiger partial charge in [0.2, 0.25) is 11.8 Å². The van der Waals surface area contributed by atoms with E-state index in [4.69, 9.17) is 5.73 Å². The van der Waals surface area contributed by atoms with Crippen molar-refractivity contribution in [3.8, 4) is 0 Å². The molecule has 2 rings (SSSR count). The lowest BCUT2D eigenvalue weighted by molar-refractivity contribution is -0.119. The van der Waals surface area contributed by atoms with Crippen LogP contribution in [-0.4, -0.2) is 17.9 Å². The maximum atomic E-state index is 14.0. The second-order valence-corrected chi connectivity index (χ2v) is 6.37. The highest BCUT2D eigenvalue weighted by Crippen LogP contribution is 2.29. The molecule has 2 amide bonds. The van der Waals surface area contributed by atoms with Crippen molar-refractivity contribution in [3.63, 3.8) is 0 Å². The van der Waals surface area contributed by atoms with E-state index in [0.29, 0.717) is 18.5 Å². The Balaban J connectivity index is 2.23. The molecule has 1 aromatic carbocycles. The number of carbonyl (C=O) groups is 2. The minimum atomic E-state index is -0.762. The van der Waals surface area contributed by atoms with Crippen molar-refractivity contribution >= 4 is 23.2 Å². The number of benzene rings is 1. The topological polar surface area (TPSA) is 84.2 Å². The summed E-state index contributed by atoms with van der Waals surface area (Å²) < 4.78 is 14.0. The third-order valence-corrected chi connectivity index (χ3v) is 3.56. The third kappa shape index (κ3) is 3.39. The van der Waals surface area contributed by atoms with Gasteiger partial charge in [0.15, 0.2) is 0 Å². The summed E-state index contributed by atoms with van der Waals surface area (Å²) in [6.45, 7) is 5.50. The number of hydrogen-bond acceptors (Lipinski definition) is 3. The van der Waals surface area contributed by atoms with E-state index in [2.05, 4.69) is 10.6 Å². The molecule has 0 aromatic heterocycles. The molecule has 0 aliphatic carbocycles. The number of halogens is 1. The molecule has 0 saturated heterocycles. The summed E-state index contributed by atoms with van der Waals surface area (Å²) in [5.41, 5.74) is 6.71. The first-order valence-corrected chi connectivity index (χ1v) is 6.87. The van der Waals surface area contributed by atoms with Gasteiger partial charge in [0.1, 0.15) is 5.82 Å². The van der Waals surface area contributed by atoms with Crippen LogP contribution in [0.5, 0.6) is 0 Å². The first kappa shape index (κ1) is 15.4. The van der Waals surface area contributed by atoms with Crippen molar-refractivity contribution in [2.75, 3.05) is 10.6 Å².